The Balaban J connectivity index is 1.73. The number of nitrogens with one attached hydrogen (secondary N) is 2. The SMILES string of the molecule is C[C@@H](NC(=O)NCCc1ccc(Cl)cc1)c1ccccn1. The molecule has 1 atom stereocenters. The quantitative estimate of drug-likeness (QED) is 0.890. The molecule has 110 valence electrons. The first-order chi connectivity index (χ1) is 10.1. The first-order valence-corrected chi connectivity index (χ1v) is 7.22. The molecule has 4 nitrogen and oxygen atoms in total. The number of nitrogens with zero attached hydrogens (tertiary/aromatic N) is 1. The van der Waals surface area contributed by atoms with Crippen LogP contribution in [0.2, 0.25) is 5.02 Å². The summed E-state index contributed by atoms with van der Waals surface area (Å²) in [6.45, 7) is 2.48. The van der Waals surface area contributed by atoms with Crippen LogP contribution in [0.25, 0.3) is 0 Å². The van der Waals surface area contributed by atoms with Crippen LogP contribution < -0.4 is 10.6 Å². The average molecular weight is 304 g/mol. The minimum atomic E-state index is -0.192. The van der Waals surface area contributed by atoms with E-state index in [9.17, 15) is 4.79 Å². The number of halogens is 1. The van der Waals surface area contributed by atoms with Crippen LogP contribution in [0.4, 0.5) is 4.79 Å². The molecule has 2 aromatic rings. The normalized spacial score (nSPS) is 11.7. The first-order valence-electron chi connectivity index (χ1n) is 6.85. The van der Waals surface area contributed by atoms with Gasteiger partial charge in [-0.2, -0.15) is 0 Å². The third kappa shape index (κ3) is 5.08. The predicted molar refractivity (Wildman–Crippen MR) is 84.3 cm³/mol. The van der Waals surface area contributed by atoms with Gasteiger partial charge < -0.3 is 10.6 Å². The van der Waals surface area contributed by atoms with E-state index >= 15 is 0 Å². The highest BCUT2D eigenvalue weighted by atomic mass is 35.5. The topological polar surface area (TPSA) is 54.0 Å². The average Bonchev–Trinajstić information content (AvgIpc) is 2.50. The van der Waals surface area contributed by atoms with Crippen LogP contribution in [0.15, 0.2) is 48.7 Å². The van der Waals surface area contributed by atoms with Gasteiger partial charge in [0.25, 0.3) is 0 Å². The number of rotatable bonds is 5. The van der Waals surface area contributed by atoms with Gasteiger partial charge in [0, 0.05) is 17.8 Å². The van der Waals surface area contributed by atoms with Gasteiger partial charge in [-0.25, -0.2) is 4.79 Å². The molecule has 1 heterocycles. The lowest BCUT2D eigenvalue weighted by Gasteiger charge is -2.14. The van der Waals surface area contributed by atoms with Crippen LogP contribution >= 0.6 is 11.6 Å². The van der Waals surface area contributed by atoms with E-state index in [0.717, 1.165) is 17.7 Å². The highest BCUT2D eigenvalue weighted by molar-refractivity contribution is 6.30. The smallest absolute Gasteiger partial charge is 0.315 e. The van der Waals surface area contributed by atoms with Crippen molar-refractivity contribution >= 4 is 17.6 Å². The van der Waals surface area contributed by atoms with E-state index in [4.69, 9.17) is 11.6 Å². The Labute approximate surface area is 129 Å². The Hall–Kier alpha value is -2.07. The molecule has 0 fully saturated rings. The number of amides is 2. The summed E-state index contributed by atoms with van der Waals surface area (Å²) in [6.07, 6.45) is 2.48. The van der Waals surface area contributed by atoms with E-state index in [0.29, 0.717) is 11.6 Å². The molecule has 0 radical (unpaired) electrons. The third-order valence-electron chi connectivity index (χ3n) is 3.09. The summed E-state index contributed by atoms with van der Waals surface area (Å²) >= 11 is 5.83. The van der Waals surface area contributed by atoms with Gasteiger partial charge in [-0.05, 0) is 43.2 Å². The fourth-order valence-corrected chi connectivity index (χ4v) is 2.05. The minimum absolute atomic E-state index is 0.123. The molecule has 0 aliphatic rings. The van der Waals surface area contributed by atoms with Crippen molar-refractivity contribution in [3.63, 3.8) is 0 Å². The summed E-state index contributed by atoms with van der Waals surface area (Å²) in [6, 6.07) is 12.9. The maximum atomic E-state index is 11.8. The molecule has 0 aliphatic carbocycles. The molecule has 0 saturated carbocycles. The van der Waals surface area contributed by atoms with Crippen LogP contribution in [0, 0.1) is 0 Å². The number of benzene rings is 1. The summed E-state index contributed by atoms with van der Waals surface area (Å²) in [5, 5.41) is 6.41. The second kappa shape index (κ2) is 7.64. The lowest BCUT2D eigenvalue weighted by molar-refractivity contribution is 0.238. The van der Waals surface area contributed by atoms with Crippen molar-refractivity contribution in [3.8, 4) is 0 Å². The van der Waals surface area contributed by atoms with Gasteiger partial charge in [0.15, 0.2) is 0 Å². The summed E-state index contributed by atoms with van der Waals surface area (Å²) in [5.41, 5.74) is 1.97. The summed E-state index contributed by atoms with van der Waals surface area (Å²) in [7, 11) is 0. The number of pyridine rings is 1. The van der Waals surface area contributed by atoms with Crippen LogP contribution in [0.1, 0.15) is 24.2 Å². The van der Waals surface area contributed by atoms with Crippen molar-refractivity contribution in [2.24, 2.45) is 0 Å². The third-order valence-corrected chi connectivity index (χ3v) is 3.34. The van der Waals surface area contributed by atoms with Gasteiger partial charge in [-0.15, -0.1) is 0 Å². The van der Waals surface area contributed by atoms with Crippen LogP contribution in [-0.4, -0.2) is 17.6 Å². The van der Waals surface area contributed by atoms with E-state index in [-0.39, 0.29) is 12.1 Å². The van der Waals surface area contributed by atoms with Crippen molar-refractivity contribution in [2.75, 3.05) is 6.54 Å². The molecule has 5 heteroatoms. The zero-order chi connectivity index (χ0) is 15.1. The molecule has 1 aromatic carbocycles. The zero-order valence-corrected chi connectivity index (χ0v) is 12.6. The largest absolute Gasteiger partial charge is 0.338 e. The molecular formula is C16H18ClN3O. The Morgan fingerprint density at radius 3 is 2.67 bits per heavy atom. The van der Waals surface area contributed by atoms with E-state index in [1.807, 2.05) is 49.4 Å². The Morgan fingerprint density at radius 2 is 2.00 bits per heavy atom. The van der Waals surface area contributed by atoms with E-state index in [2.05, 4.69) is 15.6 Å². The molecule has 0 saturated heterocycles. The van der Waals surface area contributed by atoms with E-state index < -0.39 is 0 Å². The summed E-state index contributed by atoms with van der Waals surface area (Å²) in [5.74, 6) is 0. The molecule has 0 aliphatic heterocycles. The highest BCUT2D eigenvalue weighted by Crippen LogP contribution is 2.10. The van der Waals surface area contributed by atoms with Crippen LogP contribution in [-0.2, 0) is 6.42 Å². The number of hydrogen-bond donors (Lipinski definition) is 2. The molecule has 2 rings (SSSR count). The van der Waals surface area contributed by atoms with Gasteiger partial charge in [0.1, 0.15) is 0 Å². The van der Waals surface area contributed by atoms with Gasteiger partial charge in [-0.3, -0.25) is 4.98 Å². The van der Waals surface area contributed by atoms with Crippen molar-refractivity contribution < 1.29 is 4.79 Å². The summed E-state index contributed by atoms with van der Waals surface area (Å²) in [4.78, 5) is 16.0. The molecule has 0 unspecified atom stereocenters. The molecule has 1 aromatic heterocycles. The van der Waals surface area contributed by atoms with Crippen LogP contribution in [0.3, 0.4) is 0 Å². The molecule has 2 N–H and O–H groups in total. The standard InChI is InChI=1S/C16H18ClN3O/c1-12(15-4-2-3-10-18-15)20-16(21)19-11-9-13-5-7-14(17)8-6-13/h2-8,10,12H,9,11H2,1H3,(H2,19,20,21)/t12-/m1/s1. The molecule has 0 bridgehead atoms. The van der Waals surface area contributed by atoms with Crippen molar-refractivity contribution in [2.45, 2.75) is 19.4 Å². The first kappa shape index (κ1) is 15.3. The van der Waals surface area contributed by atoms with Gasteiger partial charge in [-0.1, -0.05) is 29.8 Å². The Morgan fingerprint density at radius 1 is 1.24 bits per heavy atom. The van der Waals surface area contributed by atoms with E-state index in [1.54, 1.807) is 6.20 Å². The van der Waals surface area contributed by atoms with Gasteiger partial charge in [0.2, 0.25) is 0 Å². The van der Waals surface area contributed by atoms with Crippen LogP contribution in [0.5, 0.6) is 0 Å². The predicted octanol–water partition coefficient (Wildman–Crippen LogP) is 3.34. The number of aromatic nitrogens is 1. The lowest BCUT2D eigenvalue weighted by Crippen LogP contribution is -2.38. The molecule has 21 heavy (non-hydrogen) atoms. The molecule has 0 spiro atoms. The fourth-order valence-electron chi connectivity index (χ4n) is 1.93. The Bertz CT molecular complexity index is 572. The van der Waals surface area contributed by atoms with Crippen molar-refractivity contribution in [1.29, 1.82) is 0 Å². The summed E-state index contributed by atoms with van der Waals surface area (Å²) < 4.78 is 0. The molecular weight excluding hydrogens is 286 g/mol. The van der Waals surface area contributed by atoms with Gasteiger partial charge in [0.05, 0.1) is 11.7 Å². The van der Waals surface area contributed by atoms with E-state index in [1.165, 1.54) is 0 Å². The maximum absolute atomic E-state index is 11.8. The maximum Gasteiger partial charge on any atom is 0.315 e. The number of carbonyl (C=O) groups is 1. The number of carbonyl (C=O) groups excluding carboxylic acids is 1. The number of hydrogen-bond acceptors (Lipinski definition) is 2. The second-order valence-corrected chi connectivity index (χ2v) is 5.19. The number of urea groups is 1. The van der Waals surface area contributed by atoms with Gasteiger partial charge >= 0.3 is 6.03 Å². The van der Waals surface area contributed by atoms with Crippen molar-refractivity contribution in [1.82, 2.24) is 15.6 Å². The lowest BCUT2D eigenvalue weighted by atomic mass is 10.1. The highest BCUT2D eigenvalue weighted by Gasteiger charge is 2.09. The Kier molecular flexibility index (Phi) is 5.58. The van der Waals surface area contributed by atoms with Crippen molar-refractivity contribution in [3.05, 3.63) is 64.9 Å². The second-order valence-electron chi connectivity index (χ2n) is 4.75. The molecule has 2 amide bonds. The fraction of sp³-hybridized carbons (Fsp3) is 0.250. The zero-order valence-electron chi connectivity index (χ0n) is 11.8. The minimum Gasteiger partial charge on any atom is -0.338 e. The monoisotopic (exact) mass is 303 g/mol.